The van der Waals surface area contributed by atoms with Crippen molar-refractivity contribution in [1.82, 2.24) is 26.2 Å². The average Bonchev–Trinajstić information content (AvgIpc) is 1.29. The second-order valence-electron chi connectivity index (χ2n) is 26.2. The number of hydrogen-bond donors (Lipinski definition) is 7. The van der Waals surface area contributed by atoms with Crippen LogP contribution in [0, 0.1) is 40.4 Å². The molecule has 28 heteroatoms. The number of nitrogens with one attached hydrogen (secondary N) is 4. The van der Waals surface area contributed by atoms with E-state index in [2.05, 4.69) is 21.3 Å². The number of fused-ring (bicyclic) bond motifs is 5. The number of benzene rings is 2. The number of alkyl halides is 1. The van der Waals surface area contributed by atoms with Gasteiger partial charge in [0, 0.05) is 36.3 Å². The molecular weight excluding hydrogens is 1420 g/mol. The molecule has 90 heavy (non-hydrogen) atoms. The molecular formula is C62H86As4FN5O18. The van der Waals surface area contributed by atoms with Gasteiger partial charge in [-0.3, -0.25) is 38.5 Å². The van der Waals surface area contributed by atoms with Crippen LogP contribution >= 0.6 is 0 Å². The van der Waals surface area contributed by atoms with Crippen LogP contribution in [0.5, 0.6) is 0 Å². The van der Waals surface area contributed by atoms with Crippen LogP contribution in [-0.4, -0.2) is 217 Å². The van der Waals surface area contributed by atoms with E-state index < -0.39 is 163 Å². The second-order valence-corrected chi connectivity index (χ2v) is 42.7. The van der Waals surface area contributed by atoms with E-state index >= 15 is 4.39 Å². The predicted octanol–water partition coefficient (Wildman–Crippen LogP) is 2.55. The van der Waals surface area contributed by atoms with Crippen molar-refractivity contribution in [2.24, 2.45) is 40.4 Å². The molecule has 2 aromatic rings. The molecule has 0 unspecified atom stereocenters. The number of ether oxygens (including phenoxy) is 2. The van der Waals surface area contributed by atoms with E-state index in [1.54, 1.807) is 33.8 Å². The van der Waals surface area contributed by atoms with Crippen molar-refractivity contribution in [3.8, 4) is 0 Å². The number of hydrogen-bond acceptors (Lipinski definition) is 19. The molecule has 4 bridgehead atoms. The van der Waals surface area contributed by atoms with Gasteiger partial charge in [0.15, 0.2) is 23.0 Å². The first kappa shape index (κ1) is 70.8. The molecule has 4 aliphatic carbocycles. The minimum atomic E-state index is -1.98. The van der Waals surface area contributed by atoms with Crippen molar-refractivity contribution in [2.75, 3.05) is 46.1 Å². The van der Waals surface area contributed by atoms with Gasteiger partial charge in [-0.15, -0.1) is 0 Å². The molecule has 6 aliphatic heterocycles. The number of allylic oxidation sites excluding steroid dienone is 4. The van der Waals surface area contributed by atoms with Gasteiger partial charge in [0.05, 0.1) is 38.5 Å². The Morgan fingerprint density at radius 1 is 0.733 bits per heavy atom. The first-order valence-corrected chi connectivity index (χ1v) is 40.1. The third-order valence-corrected chi connectivity index (χ3v) is 39.8. The summed E-state index contributed by atoms with van der Waals surface area (Å²) in [4.78, 5) is 94.8. The van der Waals surface area contributed by atoms with Gasteiger partial charge in [0.1, 0.15) is 35.9 Å². The molecule has 0 aromatic heterocycles. The molecule has 494 valence electrons. The van der Waals surface area contributed by atoms with Gasteiger partial charge >= 0.3 is 79.0 Å². The standard InChI is InChI=1S/C40H57N5O7.C22H29FO5.As4O6/c1-27(2)22-32(36(47)40(5)26-52-40)42-39(50)34(24-30-14-10-7-11-15-30)44-38(49)33(23-28(3)4)43-37(48)31(17-16-29-12-8-6-9-13-29)41-35(46)25-45-18-20-51-21-19-45;1-12-8-16-15-5-4-13-9-14(25)6-7-19(13,2)21(15,23)17(26)10-20(16,3)22(12,28)18(27)11-24;5-1-6-3-8-2(5)9-4(7-1)10-3/h6-15,27-28,31-34H,16-26H2,1-5H3,(H,41,46)(H,42,50)(H,43,48)(H,44,49);6-7,9,12,15-17,24,26,28H,4-5,8,10-11H2,1-3H3;/t31-,32-,33-,34-,40+;12-,15+,16+,17+,19+,20+,21+,22+;/m01./s1. The molecule has 12 rings (SSSR count). The average molecular weight is 1510 g/mol. The molecule has 10 aliphatic rings. The molecule has 7 N–H and O–H groups in total. The Morgan fingerprint density at radius 2 is 1.26 bits per heavy atom. The minimum absolute atomic E-state index is 0.0171. The van der Waals surface area contributed by atoms with E-state index in [-0.39, 0.29) is 54.6 Å². The number of morpholine rings is 1. The van der Waals surface area contributed by atoms with Crippen LogP contribution in [0.15, 0.2) is 84.5 Å². The van der Waals surface area contributed by atoms with Crippen LogP contribution in [0.1, 0.15) is 111 Å². The maximum absolute atomic E-state index is 16.9. The number of carbonyl (C=O) groups is 7. The van der Waals surface area contributed by atoms with Crippen molar-refractivity contribution in [1.29, 1.82) is 0 Å². The third-order valence-electron chi connectivity index (χ3n) is 19.0. The molecule has 4 amide bonds. The number of ketones is 3. The summed E-state index contributed by atoms with van der Waals surface area (Å²) in [5, 5.41) is 43.6. The number of rotatable bonds is 22. The van der Waals surface area contributed by atoms with Gasteiger partial charge in [-0.2, -0.15) is 0 Å². The summed E-state index contributed by atoms with van der Waals surface area (Å²) < 4.78 is 59.0. The number of nitrogens with zero attached hydrogens (tertiary/aromatic N) is 1. The molecule has 0 radical (unpaired) electrons. The molecule has 3 saturated carbocycles. The molecule has 6 saturated heterocycles. The molecule has 2 aromatic carbocycles. The SMILES string of the molecule is CC(C)C[C@H](NC(=O)[C@H](CCc1ccccc1)NC(=O)CN1CCOCC1)C(=O)N[C@@H](Cc1ccccc1)C(=O)N[C@@H](CC(C)C)C(=O)[C@@]1(C)CO1.C[C@@H]1C[C@H]2[C@@H]3CCC4=CC(=O)C=C[C@]4(C)[C@@]3(F)[C@@H](O)C[C@]2(C)[C@@]1(O)C(=O)CO.O1[As]2O[As]3O[As]1O[As](O2)O3. The summed E-state index contributed by atoms with van der Waals surface area (Å²) in [6, 6.07) is 15.3. The molecule has 23 nitrogen and oxygen atoms in total. The number of epoxide rings is 1. The second kappa shape index (κ2) is 30.1. The van der Waals surface area contributed by atoms with Crippen molar-refractivity contribution >= 4 is 104 Å². The number of carbonyl (C=O) groups excluding carboxylic acids is 7. The maximum atomic E-state index is 16.9. The van der Waals surface area contributed by atoms with Crippen molar-refractivity contribution in [3.63, 3.8) is 0 Å². The summed E-state index contributed by atoms with van der Waals surface area (Å²) >= 11 is -7.31. The fourth-order valence-electron chi connectivity index (χ4n) is 14.1. The van der Waals surface area contributed by atoms with Gasteiger partial charge in [-0.25, -0.2) is 4.39 Å². The van der Waals surface area contributed by atoms with Gasteiger partial charge in [-0.05, 0) is 112 Å². The van der Waals surface area contributed by atoms with E-state index in [1.165, 1.54) is 12.2 Å². The van der Waals surface area contributed by atoms with Gasteiger partial charge in [-0.1, -0.05) is 114 Å². The van der Waals surface area contributed by atoms with Crippen LogP contribution in [0.3, 0.4) is 0 Å². The normalized spacial score (nSPS) is 34.1. The van der Waals surface area contributed by atoms with Crippen LogP contribution in [0.25, 0.3) is 0 Å². The number of aliphatic hydroxyl groups excluding tert-OH is 2. The number of amides is 4. The number of Topliss-reactive ketones (excluding diaryl/α,β-unsaturated/α-hetero) is 2. The van der Waals surface area contributed by atoms with E-state index in [1.807, 2.05) is 93.3 Å². The number of aryl methyl sites for hydroxylation is 1. The number of halogens is 1. The van der Waals surface area contributed by atoms with Crippen molar-refractivity contribution < 1.29 is 79.0 Å². The molecule has 9 fully saturated rings. The van der Waals surface area contributed by atoms with Crippen LogP contribution in [0.2, 0.25) is 0 Å². The number of aliphatic hydroxyl groups is 3. The van der Waals surface area contributed by atoms with Gasteiger partial charge in [0.2, 0.25) is 23.6 Å². The Labute approximate surface area is 547 Å². The van der Waals surface area contributed by atoms with Crippen LogP contribution < -0.4 is 21.3 Å². The first-order valence-electron chi connectivity index (χ1n) is 30.9. The van der Waals surface area contributed by atoms with E-state index in [4.69, 9.17) is 25.8 Å². The molecule has 13 atom stereocenters. The first-order chi connectivity index (χ1) is 42.7. The molecule has 0 spiro atoms. The van der Waals surface area contributed by atoms with Crippen LogP contribution in [-0.2, 0) is 72.2 Å². The third kappa shape index (κ3) is 15.9. The zero-order valence-corrected chi connectivity index (χ0v) is 59.7. The quantitative estimate of drug-likeness (QED) is 0.0658. The zero-order chi connectivity index (χ0) is 64.9. The monoisotopic (exact) mass is 1510 g/mol. The zero-order valence-electron chi connectivity index (χ0n) is 52.2. The summed E-state index contributed by atoms with van der Waals surface area (Å²) in [6.07, 6.45) is 6.20. The summed E-state index contributed by atoms with van der Waals surface area (Å²) in [7, 11) is 0. The summed E-state index contributed by atoms with van der Waals surface area (Å²) in [6.45, 7) is 16.8. The summed E-state index contributed by atoms with van der Waals surface area (Å²) in [5.74, 6) is -3.95. The Kier molecular flexibility index (Phi) is 23.6. The van der Waals surface area contributed by atoms with E-state index in [9.17, 15) is 48.9 Å². The van der Waals surface area contributed by atoms with E-state index in [0.29, 0.717) is 83.4 Å². The Hall–Kier alpha value is -3.51. The van der Waals surface area contributed by atoms with Crippen molar-refractivity contribution in [3.05, 3.63) is 95.6 Å². The fraction of sp³-hybridized carbons (Fsp3) is 0.629. The Balaban J connectivity index is 0.000000206. The Bertz CT molecular complexity index is 2930. The van der Waals surface area contributed by atoms with Gasteiger partial charge < -0.3 is 46.1 Å². The topological polar surface area (TPSA) is 309 Å². The van der Waals surface area contributed by atoms with Gasteiger partial charge in [0.25, 0.3) is 0 Å². The predicted molar refractivity (Wildman–Crippen MR) is 328 cm³/mol. The van der Waals surface area contributed by atoms with E-state index in [0.717, 1.165) is 11.1 Å². The van der Waals surface area contributed by atoms with Crippen molar-refractivity contribution in [2.45, 2.75) is 160 Å². The Morgan fingerprint density at radius 3 is 1.81 bits per heavy atom. The summed E-state index contributed by atoms with van der Waals surface area (Å²) in [5.41, 5.74) is -4.25. The van der Waals surface area contributed by atoms with Crippen LogP contribution in [0.4, 0.5) is 4.39 Å². The molecule has 6 heterocycles. The fourth-order valence-corrected chi connectivity index (χ4v) is 47.5.